The molecule has 0 amide bonds. The molecular weight excluding hydrogens is 1150 g/mol. The largest absolute Gasteiger partial charge is 0.379 e. The molecule has 2 aliphatic heterocycles. The number of nitrogens with zero attached hydrogens (tertiary/aromatic N) is 2. The summed E-state index contributed by atoms with van der Waals surface area (Å²) in [6.45, 7) is 6.84. The summed E-state index contributed by atoms with van der Waals surface area (Å²) in [5.41, 5.74) is 6.81. The van der Waals surface area contributed by atoms with E-state index in [0.717, 1.165) is 33.4 Å². The van der Waals surface area contributed by atoms with Crippen molar-refractivity contribution in [3.63, 3.8) is 0 Å². The van der Waals surface area contributed by atoms with Gasteiger partial charge in [-0.15, -0.1) is 0 Å². The number of fused-ring (bicyclic) bond motifs is 2. The van der Waals surface area contributed by atoms with E-state index >= 15 is 0 Å². The Hall–Kier alpha value is -3.82. The van der Waals surface area contributed by atoms with Crippen LogP contribution in [-0.2, 0) is 61.2 Å². The van der Waals surface area contributed by atoms with Crippen LogP contribution in [0.2, 0.25) is 20.1 Å². The molecule has 7 rings (SSSR count). The van der Waals surface area contributed by atoms with Crippen LogP contribution in [0.4, 0.5) is 0 Å². The van der Waals surface area contributed by atoms with Crippen LogP contribution in [0.15, 0.2) is 107 Å². The summed E-state index contributed by atoms with van der Waals surface area (Å²) in [5, 5.41) is 2.33. The summed E-state index contributed by atoms with van der Waals surface area (Å²) < 4.78 is 86.9. The van der Waals surface area contributed by atoms with Crippen LogP contribution in [0.1, 0.15) is 104 Å². The second-order valence-electron chi connectivity index (χ2n) is 20.2. The SMILES string of the molecule is CN1Cc2c(Cl)cc(Cl)cc2C(c2cccc(S(=O)(=O)CCCOCCOCCOCCCC(=O)c3cccc(C(=O)CCCOCCOCCOCCCS(=O)(=O)c4cccc(C5CN(C)Cc6c(Cl)cc(Cl)cc65)c4)c3)c2)C1. The van der Waals surface area contributed by atoms with Crippen molar-refractivity contribution in [2.75, 3.05) is 118 Å². The van der Waals surface area contributed by atoms with Gasteiger partial charge in [0.1, 0.15) is 0 Å². The number of rotatable bonds is 34. The van der Waals surface area contributed by atoms with Gasteiger partial charge in [0, 0.05) is 109 Å². The third kappa shape index (κ3) is 19.1. The van der Waals surface area contributed by atoms with Gasteiger partial charge in [0.25, 0.3) is 0 Å². The first-order chi connectivity index (χ1) is 38.5. The van der Waals surface area contributed by atoms with E-state index in [0.29, 0.717) is 149 Å². The summed E-state index contributed by atoms with van der Waals surface area (Å²) in [6, 6.07) is 28.4. The number of likely N-dealkylation sites (N-methyl/N-ethyl adjacent to an activating group) is 2. The topological polar surface area (TPSA) is 164 Å². The third-order valence-electron chi connectivity index (χ3n) is 14.0. The molecule has 5 aromatic carbocycles. The Bertz CT molecular complexity index is 2890. The fraction of sp³-hybridized carbons (Fsp3) is 0.467. The minimum absolute atomic E-state index is 0.0441. The van der Waals surface area contributed by atoms with Gasteiger partial charge in [-0.05, 0) is 128 Å². The minimum atomic E-state index is -3.54. The van der Waals surface area contributed by atoms with Crippen molar-refractivity contribution in [1.29, 1.82) is 0 Å². The highest BCUT2D eigenvalue weighted by atomic mass is 35.5. The van der Waals surface area contributed by atoms with E-state index in [9.17, 15) is 26.4 Å². The van der Waals surface area contributed by atoms with E-state index in [-0.39, 0.29) is 70.8 Å². The quantitative estimate of drug-likeness (QED) is 0.0282. The zero-order valence-electron chi connectivity index (χ0n) is 45.5. The summed E-state index contributed by atoms with van der Waals surface area (Å²) >= 11 is 25.8. The molecule has 0 fully saturated rings. The molecule has 0 saturated carbocycles. The number of Topliss-reactive ketones (excluding diaryl/α,β-unsaturated/α-hetero) is 2. The lowest BCUT2D eigenvalue weighted by atomic mass is 9.85. The first-order valence-electron chi connectivity index (χ1n) is 27.1. The number of carbonyl (C=O) groups excluding carboxylic acids is 2. The van der Waals surface area contributed by atoms with Crippen molar-refractivity contribution < 1.29 is 54.8 Å². The van der Waals surface area contributed by atoms with Crippen LogP contribution in [0.25, 0.3) is 0 Å². The molecule has 2 heterocycles. The van der Waals surface area contributed by atoms with E-state index in [1.54, 1.807) is 72.8 Å². The molecule has 434 valence electrons. The number of hydrogen-bond donors (Lipinski definition) is 0. The Kier molecular flexibility index (Phi) is 25.3. The van der Waals surface area contributed by atoms with Gasteiger partial charge in [0.05, 0.1) is 74.2 Å². The number of ketones is 2. The van der Waals surface area contributed by atoms with E-state index in [2.05, 4.69) is 9.80 Å². The van der Waals surface area contributed by atoms with Gasteiger partial charge in [-0.3, -0.25) is 9.59 Å². The van der Waals surface area contributed by atoms with Gasteiger partial charge in [0.2, 0.25) is 0 Å². The smallest absolute Gasteiger partial charge is 0.178 e. The molecular formula is C60H72Cl4N2O12S2. The molecule has 5 aromatic rings. The first kappa shape index (κ1) is 63.8. The number of benzene rings is 5. The van der Waals surface area contributed by atoms with E-state index in [1.165, 1.54) is 0 Å². The van der Waals surface area contributed by atoms with Crippen LogP contribution in [-0.4, -0.2) is 156 Å². The van der Waals surface area contributed by atoms with Crippen LogP contribution in [0.3, 0.4) is 0 Å². The predicted octanol–water partition coefficient (Wildman–Crippen LogP) is 11.2. The van der Waals surface area contributed by atoms with Crippen molar-refractivity contribution in [2.24, 2.45) is 0 Å². The second kappa shape index (κ2) is 31.7. The zero-order valence-corrected chi connectivity index (χ0v) is 50.1. The lowest BCUT2D eigenvalue weighted by molar-refractivity contribution is 0.0142. The number of hydrogen-bond acceptors (Lipinski definition) is 14. The molecule has 2 aliphatic rings. The Morgan fingerprint density at radius 1 is 0.463 bits per heavy atom. The van der Waals surface area contributed by atoms with Gasteiger partial charge in [-0.25, -0.2) is 16.8 Å². The average Bonchev–Trinajstić information content (AvgIpc) is 3.43. The average molecular weight is 1220 g/mol. The molecule has 0 saturated heterocycles. The molecule has 0 aliphatic carbocycles. The molecule has 0 spiro atoms. The molecule has 20 heteroatoms. The highest BCUT2D eigenvalue weighted by molar-refractivity contribution is 7.91. The van der Waals surface area contributed by atoms with Crippen molar-refractivity contribution in [3.8, 4) is 0 Å². The molecule has 0 N–H and O–H groups in total. The number of ether oxygens (including phenoxy) is 6. The van der Waals surface area contributed by atoms with Crippen molar-refractivity contribution in [3.05, 3.63) is 162 Å². The first-order valence-corrected chi connectivity index (χ1v) is 31.9. The molecule has 2 unspecified atom stereocenters. The third-order valence-corrected chi connectivity index (χ3v) is 18.7. The van der Waals surface area contributed by atoms with Gasteiger partial charge >= 0.3 is 0 Å². The number of carbonyl (C=O) groups is 2. The normalized spacial score (nSPS) is 15.9. The van der Waals surface area contributed by atoms with E-state index < -0.39 is 19.7 Å². The minimum Gasteiger partial charge on any atom is -0.379 e. The Labute approximate surface area is 492 Å². The molecule has 80 heavy (non-hydrogen) atoms. The van der Waals surface area contributed by atoms with Gasteiger partial charge in [-0.2, -0.15) is 0 Å². The van der Waals surface area contributed by atoms with Crippen LogP contribution < -0.4 is 0 Å². The Morgan fingerprint density at radius 2 is 0.812 bits per heavy atom. The van der Waals surface area contributed by atoms with Crippen LogP contribution >= 0.6 is 46.4 Å². The maximum Gasteiger partial charge on any atom is 0.178 e. The lowest BCUT2D eigenvalue weighted by Gasteiger charge is -2.33. The number of halogens is 4. The molecule has 0 radical (unpaired) electrons. The summed E-state index contributed by atoms with van der Waals surface area (Å²) in [6.07, 6.45) is 2.27. The van der Waals surface area contributed by atoms with Crippen molar-refractivity contribution >= 4 is 77.6 Å². The van der Waals surface area contributed by atoms with E-state index in [1.807, 2.05) is 38.4 Å². The fourth-order valence-electron chi connectivity index (χ4n) is 9.96. The van der Waals surface area contributed by atoms with E-state index in [4.69, 9.17) is 74.8 Å². The second-order valence-corrected chi connectivity index (χ2v) is 26.1. The van der Waals surface area contributed by atoms with Crippen molar-refractivity contribution in [2.45, 2.75) is 73.2 Å². The fourth-order valence-corrected chi connectivity index (χ4v) is 13.8. The summed E-state index contributed by atoms with van der Waals surface area (Å²) in [5.74, 6) is -0.354. The zero-order chi connectivity index (χ0) is 57.1. The summed E-state index contributed by atoms with van der Waals surface area (Å²) in [7, 11) is -3.04. The highest BCUT2D eigenvalue weighted by Gasteiger charge is 2.30. The highest BCUT2D eigenvalue weighted by Crippen LogP contribution is 2.40. The summed E-state index contributed by atoms with van der Waals surface area (Å²) in [4.78, 5) is 30.7. The Morgan fingerprint density at radius 3 is 1.20 bits per heavy atom. The molecule has 2 atom stereocenters. The predicted molar refractivity (Wildman–Crippen MR) is 314 cm³/mol. The molecule has 0 bridgehead atoms. The standard InChI is InChI=1S/C60H72Cl4N2O12S2/c1-65-39-53(51-35-47(61)37-57(63)55(51)41-65)43-10-4-14-49(33-43)79(69,70)30-8-20-75-24-28-77-26-22-73-18-6-16-59(67)45-12-3-13-46(32-45)60(68)17-7-19-74-23-27-78-29-25-76-21-9-31-80(71,72)50-15-5-11-44(34-50)54-40-66(2)42-56-52(54)36-48(62)38-58(56)64/h3-5,10-15,32-38,53-54H,6-9,16-31,39-42H2,1-2H3. The van der Waals surface area contributed by atoms with Crippen LogP contribution in [0, 0.1) is 0 Å². The molecule has 14 nitrogen and oxygen atoms in total. The maximum absolute atomic E-state index is 13.3. The Balaban J connectivity index is 0.662. The van der Waals surface area contributed by atoms with Gasteiger partial charge in [-0.1, -0.05) is 88.9 Å². The van der Waals surface area contributed by atoms with Gasteiger partial charge < -0.3 is 38.2 Å². The lowest BCUT2D eigenvalue weighted by Crippen LogP contribution is -2.31. The van der Waals surface area contributed by atoms with Crippen LogP contribution in [0.5, 0.6) is 0 Å². The van der Waals surface area contributed by atoms with Crippen molar-refractivity contribution in [1.82, 2.24) is 9.80 Å². The number of sulfone groups is 2. The molecule has 0 aromatic heterocycles. The maximum atomic E-state index is 13.3. The van der Waals surface area contributed by atoms with Gasteiger partial charge in [0.15, 0.2) is 31.2 Å². The monoisotopic (exact) mass is 1220 g/mol.